The van der Waals surface area contributed by atoms with E-state index in [9.17, 15) is 4.39 Å². The molecular weight excluding hydrogens is 249 g/mol. The molecule has 108 valence electrons. The molecule has 0 saturated heterocycles. The van der Waals surface area contributed by atoms with Crippen LogP contribution in [0.3, 0.4) is 0 Å². The average molecular weight is 271 g/mol. The molecule has 1 N–H and O–H groups in total. The Morgan fingerprint density at radius 1 is 1.37 bits per heavy atom. The maximum Gasteiger partial charge on any atom is 0.255 e. The summed E-state index contributed by atoms with van der Waals surface area (Å²) in [5.74, 6) is 0.245. The van der Waals surface area contributed by atoms with Crippen molar-refractivity contribution in [3.63, 3.8) is 0 Å². The third kappa shape index (κ3) is 6.33. The highest BCUT2D eigenvalue weighted by Gasteiger charge is 2.08. The zero-order valence-electron chi connectivity index (χ0n) is 11.8. The van der Waals surface area contributed by atoms with Gasteiger partial charge in [-0.25, -0.2) is 4.98 Å². The van der Waals surface area contributed by atoms with E-state index in [1.54, 1.807) is 0 Å². The number of aromatic nitrogens is 2. The van der Waals surface area contributed by atoms with Crippen molar-refractivity contribution in [2.45, 2.75) is 27.2 Å². The zero-order chi connectivity index (χ0) is 14.1. The second-order valence-corrected chi connectivity index (χ2v) is 4.59. The quantitative estimate of drug-likeness (QED) is 0.699. The average Bonchev–Trinajstić information content (AvgIpc) is 2.38. The largest absolute Gasteiger partial charge is 0.473 e. The molecule has 0 aliphatic rings. The fraction of sp³-hybridized carbons (Fsp3) is 0.692. The molecule has 0 aliphatic carbocycles. The summed E-state index contributed by atoms with van der Waals surface area (Å²) in [7, 11) is 0. The number of ether oxygens (including phenoxy) is 2. The molecule has 0 bridgehead atoms. The van der Waals surface area contributed by atoms with Gasteiger partial charge in [-0.15, -0.1) is 0 Å². The van der Waals surface area contributed by atoms with Crippen LogP contribution in [0.25, 0.3) is 0 Å². The van der Waals surface area contributed by atoms with Gasteiger partial charge < -0.3 is 14.8 Å². The van der Waals surface area contributed by atoms with Gasteiger partial charge >= 0.3 is 0 Å². The molecule has 0 aromatic carbocycles. The molecule has 6 heteroatoms. The molecule has 0 spiro atoms. The third-order valence-corrected chi connectivity index (χ3v) is 2.16. The number of anilines is 1. The lowest BCUT2D eigenvalue weighted by molar-refractivity contribution is 0.0793. The van der Waals surface area contributed by atoms with E-state index in [1.165, 1.54) is 0 Å². The van der Waals surface area contributed by atoms with Crippen molar-refractivity contribution < 1.29 is 13.9 Å². The molecule has 0 amide bonds. The molecule has 1 heterocycles. The Morgan fingerprint density at radius 2 is 2.16 bits per heavy atom. The highest BCUT2D eigenvalue weighted by molar-refractivity contribution is 5.28. The normalized spacial score (nSPS) is 10.8. The second-order valence-electron chi connectivity index (χ2n) is 4.59. The van der Waals surface area contributed by atoms with Gasteiger partial charge in [0.25, 0.3) is 5.88 Å². The van der Waals surface area contributed by atoms with E-state index in [2.05, 4.69) is 29.1 Å². The molecular formula is C13H22FN3O2. The van der Waals surface area contributed by atoms with E-state index in [0.717, 1.165) is 19.2 Å². The lowest BCUT2D eigenvalue weighted by Gasteiger charge is -2.09. The predicted molar refractivity (Wildman–Crippen MR) is 71.9 cm³/mol. The number of hydrogen-bond donors (Lipinski definition) is 1. The molecule has 0 fully saturated rings. The first-order valence-corrected chi connectivity index (χ1v) is 6.60. The first kappa shape index (κ1) is 15.6. The van der Waals surface area contributed by atoms with Gasteiger partial charge in [0, 0.05) is 13.2 Å². The Bertz CT molecular complexity index is 375. The van der Waals surface area contributed by atoms with E-state index in [1.807, 2.05) is 6.92 Å². The number of rotatable bonds is 9. The highest BCUT2D eigenvalue weighted by Crippen LogP contribution is 2.14. The molecule has 5 nitrogen and oxygen atoms in total. The van der Waals surface area contributed by atoms with Crippen LogP contribution in [0.2, 0.25) is 0 Å². The monoisotopic (exact) mass is 271 g/mol. The molecule has 0 radical (unpaired) electrons. The van der Waals surface area contributed by atoms with Gasteiger partial charge in [0.1, 0.15) is 6.61 Å². The minimum Gasteiger partial charge on any atom is -0.473 e. The van der Waals surface area contributed by atoms with Gasteiger partial charge in [-0.1, -0.05) is 20.8 Å². The smallest absolute Gasteiger partial charge is 0.255 e. The summed E-state index contributed by atoms with van der Waals surface area (Å²) in [4.78, 5) is 7.80. The van der Waals surface area contributed by atoms with Gasteiger partial charge in [0.15, 0.2) is 0 Å². The van der Waals surface area contributed by atoms with Gasteiger partial charge in [-0.2, -0.15) is 9.37 Å². The maximum atomic E-state index is 13.4. The van der Waals surface area contributed by atoms with Gasteiger partial charge in [-0.3, -0.25) is 0 Å². The number of nitrogens with one attached hydrogen (secondary N) is 1. The summed E-state index contributed by atoms with van der Waals surface area (Å²) in [6.45, 7) is 8.25. The summed E-state index contributed by atoms with van der Waals surface area (Å²) in [6.07, 6.45) is 2.05. The van der Waals surface area contributed by atoms with Crippen molar-refractivity contribution in [3.05, 3.63) is 12.0 Å². The van der Waals surface area contributed by atoms with E-state index in [0.29, 0.717) is 25.1 Å². The first-order valence-electron chi connectivity index (χ1n) is 6.60. The second kappa shape index (κ2) is 8.63. The summed E-state index contributed by atoms with van der Waals surface area (Å²) in [5, 5.41) is 2.98. The molecule has 1 aromatic heterocycles. The Labute approximate surface area is 113 Å². The van der Waals surface area contributed by atoms with Crippen LogP contribution in [0.1, 0.15) is 27.2 Å². The maximum absolute atomic E-state index is 13.4. The Balaban J connectivity index is 2.39. The van der Waals surface area contributed by atoms with Crippen LogP contribution in [-0.4, -0.2) is 36.3 Å². The lowest BCUT2D eigenvalue weighted by Crippen LogP contribution is -2.12. The molecule has 19 heavy (non-hydrogen) atoms. The number of hydrogen-bond acceptors (Lipinski definition) is 5. The SMILES string of the molecule is CCCNc1ncc(F)c(OCCOCC(C)C)n1. The third-order valence-electron chi connectivity index (χ3n) is 2.16. The Hall–Kier alpha value is -1.43. The standard InChI is InChI=1S/C13H22FN3O2/c1-4-5-15-13-16-8-11(14)12(17-13)19-7-6-18-9-10(2)3/h8,10H,4-7,9H2,1-3H3,(H,15,16,17). The van der Waals surface area contributed by atoms with Crippen molar-refractivity contribution >= 4 is 5.95 Å². The van der Waals surface area contributed by atoms with Crippen LogP contribution in [0.15, 0.2) is 6.20 Å². The molecule has 0 atom stereocenters. The van der Waals surface area contributed by atoms with Crippen molar-refractivity contribution in [2.24, 2.45) is 5.92 Å². The summed E-state index contributed by atoms with van der Waals surface area (Å²) >= 11 is 0. The van der Waals surface area contributed by atoms with E-state index < -0.39 is 5.82 Å². The van der Waals surface area contributed by atoms with E-state index in [4.69, 9.17) is 9.47 Å². The van der Waals surface area contributed by atoms with Crippen molar-refractivity contribution in [2.75, 3.05) is 31.7 Å². The summed E-state index contributed by atoms with van der Waals surface area (Å²) in [5.41, 5.74) is 0. The van der Waals surface area contributed by atoms with Crippen molar-refractivity contribution in [1.82, 2.24) is 9.97 Å². The van der Waals surface area contributed by atoms with Crippen LogP contribution in [-0.2, 0) is 4.74 Å². The van der Waals surface area contributed by atoms with Gasteiger partial charge in [-0.05, 0) is 12.3 Å². The van der Waals surface area contributed by atoms with Crippen LogP contribution in [0.4, 0.5) is 10.3 Å². The minimum atomic E-state index is -0.564. The molecule has 1 aromatic rings. The Morgan fingerprint density at radius 3 is 2.84 bits per heavy atom. The summed E-state index contributed by atoms with van der Waals surface area (Å²) in [6, 6.07) is 0. The van der Waals surface area contributed by atoms with E-state index >= 15 is 0 Å². The van der Waals surface area contributed by atoms with Gasteiger partial charge in [0.2, 0.25) is 11.8 Å². The fourth-order valence-electron chi connectivity index (χ4n) is 1.29. The minimum absolute atomic E-state index is 0.0400. The predicted octanol–water partition coefficient (Wildman–Crippen LogP) is 2.49. The fourth-order valence-corrected chi connectivity index (χ4v) is 1.29. The Kier molecular flexibility index (Phi) is 7.10. The number of nitrogens with zero attached hydrogens (tertiary/aromatic N) is 2. The van der Waals surface area contributed by atoms with Crippen LogP contribution >= 0.6 is 0 Å². The molecule has 0 unspecified atom stereocenters. The van der Waals surface area contributed by atoms with Crippen LogP contribution < -0.4 is 10.1 Å². The topological polar surface area (TPSA) is 56.3 Å². The molecule has 0 saturated carbocycles. The van der Waals surface area contributed by atoms with Gasteiger partial charge in [0.05, 0.1) is 12.8 Å². The van der Waals surface area contributed by atoms with Crippen molar-refractivity contribution in [1.29, 1.82) is 0 Å². The summed E-state index contributed by atoms with van der Waals surface area (Å²) < 4.78 is 24.0. The first-order chi connectivity index (χ1) is 9.13. The molecule has 1 rings (SSSR count). The van der Waals surface area contributed by atoms with Crippen molar-refractivity contribution in [3.8, 4) is 5.88 Å². The lowest BCUT2D eigenvalue weighted by atomic mass is 10.2. The molecule has 0 aliphatic heterocycles. The zero-order valence-corrected chi connectivity index (χ0v) is 11.8. The van der Waals surface area contributed by atoms with Crippen LogP contribution in [0.5, 0.6) is 5.88 Å². The highest BCUT2D eigenvalue weighted by atomic mass is 19.1. The van der Waals surface area contributed by atoms with E-state index in [-0.39, 0.29) is 12.5 Å². The van der Waals surface area contributed by atoms with Crippen LogP contribution in [0, 0.1) is 11.7 Å². The number of halogens is 1.